The van der Waals surface area contributed by atoms with Crippen LogP contribution >= 0.6 is 0 Å². The molecule has 0 radical (unpaired) electrons. The number of hydrogen-bond acceptors (Lipinski definition) is 5. The van der Waals surface area contributed by atoms with Gasteiger partial charge in [-0.25, -0.2) is 4.98 Å². The van der Waals surface area contributed by atoms with E-state index in [0.29, 0.717) is 17.2 Å². The van der Waals surface area contributed by atoms with Crippen LogP contribution in [0.3, 0.4) is 0 Å². The average Bonchev–Trinajstić information content (AvgIpc) is 3.23. The third-order valence-electron chi connectivity index (χ3n) is 4.99. The van der Waals surface area contributed by atoms with Gasteiger partial charge < -0.3 is 9.72 Å². The largest absolute Gasteiger partial charge is 0.438 e. The molecule has 5 rings (SSSR count). The van der Waals surface area contributed by atoms with Gasteiger partial charge in [-0.1, -0.05) is 30.3 Å². The number of fused-ring (bicyclic) bond motifs is 2. The standard InChI is InChI=1S/C25H17N5O2/c1-16-7-6-8-18(13-16)32-24-19(25(31)30-12-5-4-11-22(30)29-24)14-17(15-26)23-27-20-9-2-3-10-21(20)28-23/h2-14H,1H3,(H,27,28)/b17-14+. The maximum absolute atomic E-state index is 13.3. The number of para-hydroxylation sites is 2. The van der Waals surface area contributed by atoms with Gasteiger partial charge in [0.15, 0.2) is 0 Å². The Morgan fingerprint density at radius 1 is 1.09 bits per heavy atom. The van der Waals surface area contributed by atoms with Crippen molar-refractivity contribution in [1.82, 2.24) is 19.4 Å². The van der Waals surface area contributed by atoms with Gasteiger partial charge in [0.2, 0.25) is 5.88 Å². The van der Waals surface area contributed by atoms with Gasteiger partial charge in [0.05, 0.1) is 16.6 Å². The summed E-state index contributed by atoms with van der Waals surface area (Å²) in [6, 6.07) is 22.3. The minimum absolute atomic E-state index is 0.121. The second kappa shape index (κ2) is 7.85. The monoisotopic (exact) mass is 419 g/mol. The van der Waals surface area contributed by atoms with E-state index in [0.717, 1.165) is 16.6 Å². The number of nitrogens with one attached hydrogen (secondary N) is 1. The number of nitriles is 1. The number of allylic oxidation sites excluding steroid dienone is 1. The summed E-state index contributed by atoms with van der Waals surface area (Å²) in [7, 11) is 0. The second-order valence-electron chi connectivity index (χ2n) is 7.26. The Morgan fingerprint density at radius 3 is 2.75 bits per heavy atom. The summed E-state index contributed by atoms with van der Waals surface area (Å²) in [6.45, 7) is 1.95. The number of nitrogens with zero attached hydrogens (tertiary/aromatic N) is 4. The first kappa shape index (κ1) is 19.3. The van der Waals surface area contributed by atoms with Gasteiger partial charge in [-0.05, 0) is 55.0 Å². The van der Waals surface area contributed by atoms with E-state index < -0.39 is 0 Å². The maximum Gasteiger partial charge on any atom is 0.269 e. The highest BCUT2D eigenvalue weighted by Gasteiger charge is 2.16. The van der Waals surface area contributed by atoms with E-state index >= 15 is 0 Å². The van der Waals surface area contributed by atoms with Gasteiger partial charge in [0.25, 0.3) is 5.56 Å². The van der Waals surface area contributed by atoms with E-state index in [4.69, 9.17) is 4.74 Å². The van der Waals surface area contributed by atoms with E-state index in [1.165, 1.54) is 10.5 Å². The quantitative estimate of drug-likeness (QED) is 0.425. The van der Waals surface area contributed by atoms with Crippen molar-refractivity contribution < 1.29 is 4.74 Å². The molecule has 0 amide bonds. The molecule has 0 saturated heterocycles. The number of benzene rings is 2. The fourth-order valence-corrected chi connectivity index (χ4v) is 3.45. The molecule has 7 nitrogen and oxygen atoms in total. The number of aryl methyl sites for hydroxylation is 1. The summed E-state index contributed by atoms with van der Waals surface area (Å²) >= 11 is 0. The maximum atomic E-state index is 13.3. The van der Waals surface area contributed by atoms with Crippen LogP contribution in [0, 0.1) is 18.3 Å². The van der Waals surface area contributed by atoms with Crippen molar-refractivity contribution in [3.8, 4) is 17.7 Å². The van der Waals surface area contributed by atoms with Crippen molar-refractivity contribution in [3.05, 3.63) is 100 Å². The Labute approximate surface area is 182 Å². The van der Waals surface area contributed by atoms with Crippen LogP contribution in [-0.2, 0) is 0 Å². The van der Waals surface area contributed by atoms with Gasteiger partial charge in [-0.2, -0.15) is 10.2 Å². The zero-order valence-electron chi connectivity index (χ0n) is 17.1. The summed E-state index contributed by atoms with van der Waals surface area (Å²) in [5, 5.41) is 9.84. The fraction of sp³-hybridized carbons (Fsp3) is 0.0400. The van der Waals surface area contributed by atoms with Crippen molar-refractivity contribution >= 4 is 28.3 Å². The molecule has 7 heteroatoms. The van der Waals surface area contributed by atoms with Crippen molar-refractivity contribution in [3.63, 3.8) is 0 Å². The number of aromatic nitrogens is 4. The molecule has 0 bridgehead atoms. The van der Waals surface area contributed by atoms with Crippen LogP contribution in [-0.4, -0.2) is 19.4 Å². The molecule has 3 heterocycles. The van der Waals surface area contributed by atoms with Crippen LogP contribution in [0.25, 0.3) is 28.3 Å². The Morgan fingerprint density at radius 2 is 1.94 bits per heavy atom. The van der Waals surface area contributed by atoms with Crippen LogP contribution in [0.2, 0.25) is 0 Å². The van der Waals surface area contributed by atoms with Crippen LogP contribution in [0.4, 0.5) is 0 Å². The lowest BCUT2D eigenvalue weighted by Gasteiger charge is -2.10. The molecule has 154 valence electrons. The third kappa shape index (κ3) is 3.50. The average molecular weight is 419 g/mol. The lowest BCUT2D eigenvalue weighted by molar-refractivity contribution is 0.460. The van der Waals surface area contributed by atoms with Crippen LogP contribution in [0.5, 0.6) is 11.6 Å². The van der Waals surface area contributed by atoms with E-state index in [1.807, 2.05) is 49.4 Å². The van der Waals surface area contributed by atoms with E-state index in [1.54, 1.807) is 30.5 Å². The Kier molecular flexibility index (Phi) is 4.73. The summed E-state index contributed by atoms with van der Waals surface area (Å²) in [6.07, 6.45) is 3.10. The summed E-state index contributed by atoms with van der Waals surface area (Å²) < 4.78 is 7.43. The molecule has 0 unspecified atom stereocenters. The molecule has 0 fully saturated rings. The van der Waals surface area contributed by atoms with Gasteiger partial charge >= 0.3 is 0 Å². The number of rotatable bonds is 4. The van der Waals surface area contributed by atoms with Gasteiger partial charge in [-0.15, -0.1) is 0 Å². The predicted octanol–water partition coefficient (Wildman–Crippen LogP) is 4.74. The lowest BCUT2D eigenvalue weighted by atomic mass is 10.1. The summed E-state index contributed by atoms with van der Waals surface area (Å²) in [5.41, 5.74) is 3.00. The Balaban J connectivity index is 1.71. The topological polar surface area (TPSA) is 96.1 Å². The molecule has 0 aliphatic heterocycles. The van der Waals surface area contributed by atoms with E-state index in [-0.39, 0.29) is 22.6 Å². The van der Waals surface area contributed by atoms with Gasteiger partial charge in [0.1, 0.15) is 28.9 Å². The van der Waals surface area contributed by atoms with Crippen LogP contribution < -0.4 is 10.3 Å². The molecular formula is C25H17N5O2. The first-order valence-electron chi connectivity index (χ1n) is 9.95. The van der Waals surface area contributed by atoms with E-state index in [2.05, 4.69) is 21.0 Å². The van der Waals surface area contributed by atoms with Gasteiger partial charge in [0, 0.05) is 6.20 Å². The Hall–Kier alpha value is -4.70. The van der Waals surface area contributed by atoms with Crippen molar-refractivity contribution in [2.75, 3.05) is 0 Å². The van der Waals surface area contributed by atoms with Crippen LogP contribution in [0.15, 0.2) is 77.7 Å². The molecule has 0 aliphatic carbocycles. The third-order valence-corrected chi connectivity index (χ3v) is 4.99. The summed E-state index contributed by atoms with van der Waals surface area (Å²) in [5.74, 6) is 1.04. The SMILES string of the molecule is Cc1cccc(Oc2nc3ccccn3c(=O)c2/C=C(\C#N)c2nc3ccccc3[nH]2)c1. The van der Waals surface area contributed by atoms with Crippen LogP contribution in [0.1, 0.15) is 17.0 Å². The molecule has 3 aromatic heterocycles. The number of H-pyrrole nitrogens is 1. The zero-order chi connectivity index (χ0) is 22.1. The molecule has 1 N–H and O–H groups in total. The highest BCUT2D eigenvalue weighted by Crippen LogP contribution is 2.26. The molecule has 0 spiro atoms. The minimum atomic E-state index is -0.345. The predicted molar refractivity (Wildman–Crippen MR) is 122 cm³/mol. The number of imidazole rings is 1. The molecule has 5 aromatic rings. The first-order valence-corrected chi connectivity index (χ1v) is 9.95. The molecular weight excluding hydrogens is 402 g/mol. The molecule has 0 aliphatic rings. The zero-order valence-corrected chi connectivity index (χ0v) is 17.1. The molecule has 32 heavy (non-hydrogen) atoms. The summed E-state index contributed by atoms with van der Waals surface area (Å²) in [4.78, 5) is 25.5. The highest BCUT2D eigenvalue weighted by atomic mass is 16.5. The number of hydrogen-bond donors (Lipinski definition) is 1. The number of aromatic amines is 1. The number of ether oxygens (including phenoxy) is 1. The van der Waals surface area contributed by atoms with E-state index in [9.17, 15) is 10.1 Å². The Bertz CT molecular complexity index is 1570. The van der Waals surface area contributed by atoms with Gasteiger partial charge in [-0.3, -0.25) is 9.20 Å². The lowest BCUT2D eigenvalue weighted by Crippen LogP contribution is -2.18. The first-order chi connectivity index (χ1) is 15.6. The highest BCUT2D eigenvalue weighted by molar-refractivity contribution is 5.91. The fourth-order valence-electron chi connectivity index (χ4n) is 3.45. The smallest absolute Gasteiger partial charge is 0.269 e. The molecule has 2 aromatic carbocycles. The van der Waals surface area contributed by atoms with Crippen molar-refractivity contribution in [2.45, 2.75) is 6.92 Å². The normalized spacial score (nSPS) is 11.6. The van der Waals surface area contributed by atoms with Crippen molar-refractivity contribution in [1.29, 1.82) is 5.26 Å². The van der Waals surface area contributed by atoms with Crippen molar-refractivity contribution in [2.24, 2.45) is 0 Å². The number of pyridine rings is 1. The molecule has 0 saturated carbocycles. The second-order valence-corrected chi connectivity index (χ2v) is 7.26. The minimum Gasteiger partial charge on any atom is -0.438 e. The molecule has 0 atom stereocenters.